The van der Waals surface area contributed by atoms with Crippen molar-refractivity contribution in [2.45, 2.75) is 25.6 Å². The van der Waals surface area contributed by atoms with Crippen molar-refractivity contribution in [2.24, 2.45) is 5.73 Å². The highest BCUT2D eigenvalue weighted by Crippen LogP contribution is 2.17. The van der Waals surface area contributed by atoms with Gasteiger partial charge in [0.05, 0.1) is 7.11 Å². The zero-order chi connectivity index (χ0) is 14.5. The number of carbonyl (C=O) groups is 1. The van der Waals surface area contributed by atoms with E-state index in [1.54, 1.807) is 12.1 Å². The molecule has 1 heterocycles. The molecule has 0 bridgehead atoms. The van der Waals surface area contributed by atoms with Crippen LogP contribution in [0.3, 0.4) is 0 Å². The summed E-state index contributed by atoms with van der Waals surface area (Å²) in [5, 5.41) is 2.76. The third-order valence-corrected chi connectivity index (χ3v) is 3.52. The average Bonchev–Trinajstić information content (AvgIpc) is 2.88. The SMILES string of the molecule is COC(=O)NC1CCN(Cc2cc(CN)ccc2F)C1. The first-order valence-electron chi connectivity index (χ1n) is 6.66. The molecule has 1 aromatic rings. The second kappa shape index (κ2) is 6.67. The van der Waals surface area contributed by atoms with E-state index < -0.39 is 6.09 Å². The number of methoxy groups -OCH3 is 1. The van der Waals surface area contributed by atoms with Gasteiger partial charge in [0, 0.05) is 37.8 Å². The van der Waals surface area contributed by atoms with E-state index in [0.29, 0.717) is 25.2 Å². The number of nitrogens with zero attached hydrogens (tertiary/aromatic N) is 1. The van der Waals surface area contributed by atoms with Crippen molar-refractivity contribution >= 4 is 6.09 Å². The molecule has 1 unspecified atom stereocenters. The van der Waals surface area contributed by atoms with Gasteiger partial charge in [-0.05, 0) is 18.1 Å². The number of amides is 1. The Morgan fingerprint density at radius 2 is 2.40 bits per heavy atom. The van der Waals surface area contributed by atoms with Gasteiger partial charge in [0.1, 0.15) is 5.82 Å². The molecule has 1 saturated heterocycles. The van der Waals surface area contributed by atoms with E-state index in [9.17, 15) is 9.18 Å². The number of likely N-dealkylation sites (tertiary alicyclic amines) is 1. The van der Waals surface area contributed by atoms with Crippen molar-refractivity contribution in [2.75, 3.05) is 20.2 Å². The highest BCUT2D eigenvalue weighted by atomic mass is 19.1. The smallest absolute Gasteiger partial charge is 0.407 e. The van der Waals surface area contributed by atoms with Crippen molar-refractivity contribution in [3.63, 3.8) is 0 Å². The summed E-state index contributed by atoms with van der Waals surface area (Å²) in [6, 6.07) is 5.02. The molecular formula is C14H20FN3O2. The van der Waals surface area contributed by atoms with E-state index in [1.807, 2.05) is 0 Å². The number of carbonyl (C=O) groups excluding carboxylic acids is 1. The van der Waals surface area contributed by atoms with Crippen molar-refractivity contribution in [3.8, 4) is 0 Å². The number of hydrogen-bond acceptors (Lipinski definition) is 4. The van der Waals surface area contributed by atoms with Crippen molar-refractivity contribution in [1.29, 1.82) is 0 Å². The molecule has 5 nitrogen and oxygen atoms in total. The van der Waals surface area contributed by atoms with Gasteiger partial charge in [-0.3, -0.25) is 4.90 Å². The summed E-state index contributed by atoms with van der Waals surface area (Å²) in [6.07, 6.45) is 0.418. The molecule has 1 aliphatic rings. The Balaban J connectivity index is 1.93. The van der Waals surface area contributed by atoms with E-state index in [1.165, 1.54) is 13.2 Å². The average molecular weight is 281 g/mol. The first-order chi connectivity index (χ1) is 9.62. The molecule has 1 aliphatic heterocycles. The number of benzene rings is 1. The van der Waals surface area contributed by atoms with E-state index in [4.69, 9.17) is 5.73 Å². The van der Waals surface area contributed by atoms with Crippen LogP contribution in [0, 0.1) is 5.82 Å². The molecule has 2 rings (SSSR count). The molecular weight excluding hydrogens is 261 g/mol. The van der Waals surface area contributed by atoms with Crippen LogP contribution in [0.25, 0.3) is 0 Å². The van der Waals surface area contributed by atoms with Gasteiger partial charge in [0.2, 0.25) is 0 Å². The lowest BCUT2D eigenvalue weighted by Gasteiger charge is -2.17. The molecule has 0 aliphatic carbocycles. The Bertz CT molecular complexity index is 481. The minimum Gasteiger partial charge on any atom is -0.453 e. The third-order valence-electron chi connectivity index (χ3n) is 3.52. The Hall–Kier alpha value is -1.66. The van der Waals surface area contributed by atoms with Gasteiger partial charge in [-0.2, -0.15) is 0 Å². The van der Waals surface area contributed by atoms with E-state index in [2.05, 4.69) is 15.0 Å². The lowest BCUT2D eigenvalue weighted by atomic mass is 10.1. The number of nitrogens with two attached hydrogens (primary N) is 1. The Labute approximate surface area is 117 Å². The Morgan fingerprint density at radius 1 is 1.60 bits per heavy atom. The van der Waals surface area contributed by atoms with E-state index >= 15 is 0 Å². The molecule has 0 aromatic heterocycles. The van der Waals surface area contributed by atoms with Crippen molar-refractivity contribution in [3.05, 3.63) is 35.1 Å². The van der Waals surface area contributed by atoms with Crippen LogP contribution in [-0.2, 0) is 17.8 Å². The van der Waals surface area contributed by atoms with Gasteiger partial charge in [-0.15, -0.1) is 0 Å². The molecule has 0 spiro atoms. The molecule has 0 radical (unpaired) electrons. The molecule has 6 heteroatoms. The summed E-state index contributed by atoms with van der Waals surface area (Å²) in [4.78, 5) is 13.3. The highest BCUT2D eigenvalue weighted by Gasteiger charge is 2.24. The summed E-state index contributed by atoms with van der Waals surface area (Å²) in [7, 11) is 1.34. The second-order valence-corrected chi connectivity index (χ2v) is 4.99. The fraction of sp³-hybridized carbons (Fsp3) is 0.500. The Morgan fingerprint density at radius 3 is 3.10 bits per heavy atom. The molecule has 110 valence electrons. The number of alkyl carbamates (subject to hydrolysis) is 1. The van der Waals surface area contributed by atoms with Crippen LogP contribution >= 0.6 is 0 Å². The van der Waals surface area contributed by atoms with Gasteiger partial charge in [-0.1, -0.05) is 12.1 Å². The topological polar surface area (TPSA) is 67.6 Å². The van der Waals surface area contributed by atoms with Crippen LogP contribution in [0.4, 0.5) is 9.18 Å². The minimum absolute atomic E-state index is 0.0585. The van der Waals surface area contributed by atoms with Crippen LogP contribution in [0.2, 0.25) is 0 Å². The van der Waals surface area contributed by atoms with Crippen LogP contribution < -0.4 is 11.1 Å². The quantitative estimate of drug-likeness (QED) is 0.870. The highest BCUT2D eigenvalue weighted by molar-refractivity contribution is 5.67. The maximum absolute atomic E-state index is 13.8. The molecule has 1 aromatic carbocycles. The molecule has 20 heavy (non-hydrogen) atoms. The summed E-state index contributed by atoms with van der Waals surface area (Å²) in [5.74, 6) is -0.216. The fourth-order valence-electron chi connectivity index (χ4n) is 2.44. The summed E-state index contributed by atoms with van der Waals surface area (Å²) in [5.41, 5.74) is 7.14. The second-order valence-electron chi connectivity index (χ2n) is 4.99. The number of hydrogen-bond donors (Lipinski definition) is 2. The van der Waals surface area contributed by atoms with Gasteiger partial charge < -0.3 is 15.8 Å². The zero-order valence-electron chi connectivity index (χ0n) is 11.6. The largest absolute Gasteiger partial charge is 0.453 e. The normalized spacial score (nSPS) is 19.1. The van der Waals surface area contributed by atoms with Gasteiger partial charge >= 0.3 is 6.09 Å². The monoisotopic (exact) mass is 281 g/mol. The maximum Gasteiger partial charge on any atom is 0.407 e. The lowest BCUT2D eigenvalue weighted by Crippen LogP contribution is -2.36. The van der Waals surface area contributed by atoms with Gasteiger partial charge in [-0.25, -0.2) is 9.18 Å². The van der Waals surface area contributed by atoms with Crippen LogP contribution in [0.5, 0.6) is 0 Å². The predicted molar refractivity (Wildman–Crippen MR) is 73.5 cm³/mol. The Kier molecular flexibility index (Phi) is 4.92. The zero-order valence-corrected chi connectivity index (χ0v) is 11.6. The number of rotatable bonds is 4. The van der Waals surface area contributed by atoms with Gasteiger partial charge in [0.25, 0.3) is 0 Å². The third kappa shape index (κ3) is 3.68. The molecule has 1 amide bonds. The van der Waals surface area contributed by atoms with Crippen LogP contribution in [0.1, 0.15) is 17.5 Å². The number of halogens is 1. The standard InChI is InChI=1S/C14H20FN3O2/c1-20-14(19)17-12-4-5-18(9-12)8-11-6-10(7-16)2-3-13(11)15/h2-3,6,12H,4-5,7-9,16H2,1H3,(H,17,19). The molecule has 0 saturated carbocycles. The maximum atomic E-state index is 13.8. The molecule has 3 N–H and O–H groups in total. The number of ether oxygens (including phenoxy) is 1. The fourth-order valence-corrected chi connectivity index (χ4v) is 2.44. The lowest BCUT2D eigenvalue weighted by molar-refractivity contribution is 0.166. The van der Waals surface area contributed by atoms with Crippen molar-refractivity contribution in [1.82, 2.24) is 10.2 Å². The summed E-state index contributed by atoms with van der Waals surface area (Å²) >= 11 is 0. The predicted octanol–water partition coefficient (Wildman–Crippen LogP) is 1.21. The minimum atomic E-state index is -0.423. The molecule has 1 fully saturated rings. The van der Waals surface area contributed by atoms with Crippen molar-refractivity contribution < 1.29 is 13.9 Å². The number of nitrogens with one attached hydrogen (secondary N) is 1. The van der Waals surface area contributed by atoms with E-state index in [0.717, 1.165) is 18.5 Å². The van der Waals surface area contributed by atoms with Crippen LogP contribution in [-0.4, -0.2) is 37.2 Å². The van der Waals surface area contributed by atoms with Crippen LogP contribution in [0.15, 0.2) is 18.2 Å². The molecule has 1 atom stereocenters. The first kappa shape index (κ1) is 14.7. The summed E-state index contributed by atoms with van der Waals surface area (Å²) in [6.45, 7) is 2.45. The summed E-state index contributed by atoms with van der Waals surface area (Å²) < 4.78 is 18.3. The van der Waals surface area contributed by atoms with E-state index in [-0.39, 0.29) is 11.9 Å². The van der Waals surface area contributed by atoms with Gasteiger partial charge in [0.15, 0.2) is 0 Å². The first-order valence-corrected chi connectivity index (χ1v) is 6.66.